The molecule has 0 aromatic rings. The molecule has 1 aliphatic carbocycles. The van der Waals surface area contributed by atoms with E-state index in [1.807, 2.05) is 6.08 Å². The van der Waals surface area contributed by atoms with Gasteiger partial charge in [-0.2, -0.15) is 0 Å². The summed E-state index contributed by atoms with van der Waals surface area (Å²) in [5.41, 5.74) is 0.0150. The van der Waals surface area contributed by atoms with Gasteiger partial charge in [0.05, 0.1) is 11.8 Å². The number of unbranched alkanes of at least 4 members (excludes halogenated alkanes) is 13. The number of carbonyl (C=O) groups excluding carboxylic acids is 2. The number of fused-ring (bicyclic) bond motifs is 1. The van der Waals surface area contributed by atoms with Crippen LogP contribution in [0, 0.1) is 17.3 Å². The fourth-order valence-corrected chi connectivity index (χ4v) is 5.73. The quantitative estimate of drug-likeness (QED) is 0.106. The Balaban J connectivity index is 1.66. The highest BCUT2D eigenvalue weighted by Crippen LogP contribution is 2.50. The first-order valence-corrected chi connectivity index (χ1v) is 13.6. The lowest BCUT2D eigenvalue weighted by Gasteiger charge is -2.39. The molecule has 33 heavy (non-hydrogen) atoms. The van der Waals surface area contributed by atoms with Crippen molar-refractivity contribution in [2.24, 2.45) is 17.3 Å². The second kappa shape index (κ2) is 14.6. The minimum absolute atomic E-state index is 0.315. The third-order valence-electron chi connectivity index (χ3n) is 7.76. The van der Waals surface area contributed by atoms with Gasteiger partial charge in [0.15, 0.2) is 0 Å². The van der Waals surface area contributed by atoms with Crippen molar-refractivity contribution in [3.05, 3.63) is 11.6 Å². The molecule has 1 saturated heterocycles. The molecule has 0 aromatic carbocycles. The lowest BCUT2D eigenvalue weighted by molar-refractivity contribution is -0.153. The first kappa shape index (κ1) is 27.6. The number of carbonyl (C=O) groups is 3. The monoisotopic (exact) mass is 462 g/mol. The normalized spacial score (nSPS) is 25.2. The molecule has 0 spiro atoms. The van der Waals surface area contributed by atoms with Crippen LogP contribution in [-0.2, 0) is 19.1 Å². The van der Waals surface area contributed by atoms with Crippen molar-refractivity contribution in [2.75, 3.05) is 0 Å². The van der Waals surface area contributed by atoms with Gasteiger partial charge < -0.3 is 9.84 Å². The Morgan fingerprint density at radius 3 is 1.88 bits per heavy atom. The molecule has 2 aliphatic rings. The number of aliphatic carboxylic acids is 1. The van der Waals surface area contributed by atoms with Gasteiger partial charge in [0, 0.05) is 5.57 Å². The first-order valence-electron chi connectivity index (χ1n) is 13.6. The molecular formula is C28H46O5. The summed E-state index contributed by atoms with van der Waals surface area (Å²) in [6.07, 6.45) is 22.9. The minimum atomic E-state index is -0.914. The highest BCUT2D eigenvalue weighted by molar-refractivity contribution is 5.96. The average molecular weight is 463 g/mol. The molecule has 5 nitrogen and oxygen atoms in total. The van der Waals surface area contributed by atoms with Gasteiger partial charge in [-0.1, -0.05) is 103 Å². The lowest BCUT2D eigenvalue weighted by Crippen LogP contribution is -2.34. The van der Waals surface area contributed by atoms with E-state index in [0.717, 1.165) is 25.7 Å². The predicted molar refractivity (Wildman–Crippen MR) is 131 cm³/mol. The van der Waals surface area contributed by atoms with Gasteiger partial charge in [-0.3, -0.25) is 9.59 Å². The molecule has 3 unspecified atom stereocenters. The third-order valence-corrected chi connectivity index (χ3v) is 7.76. The number of hydrogen-bond donors (Lipinski definition) is 1. The molecule has 0 radical (unpaired) electrons. The summed E-state index contributed by atoms with van der Waals surface area (Å²) >= 11 is 0. The Hall–Kier alpha value is -1.65. The number of carboxylic acids is 1. The number of allylic oxidation sites excluding steroid dienone is 1. The summed E-state index contributed by atoms with van der Waals surface area (Å²) in [7, 11) is 0. The molecule has 1 saturated carbocycles. The minimum Gasteiger partial charge on any atom is -0.478 e. The van der Waals surface area contributed by atoms with Crippen LogP contribution >= 0.6 is 0 Å². The smallest absolute Gasteiger partial charge is 0.330 e. The standard InChI is InChI=1S/C28H46O5/c1-3-4-5-6-7-8-9-10-11-12-13-14-15-16-18-28(20-22(2)25(29)30)19-17-23-24(21-28)27(32)33-26(23)31/h20,23-24H,3-19,21H2,1-2H3,(H,29,30). The molecular weight excluding hydrogens is 416 g/mol. The maximum absolute atomic E-state index is 12.1. The van der Waals surface area contributed by atoms with E-state index in [2.05, 4.69) is 6.92 Å². The fourth-order valence-electron chi connectivity index (χ4n) is 5.73. The summed E-state index contributed by atoms with van der Waals surface area (Å²) in [5, 5.41) is 9.39. The lowest BCUT2D eigenvalue weighted by atomic mass is 9.63. The van der Waals surface area contributed by atoms with E-state index in [1.165, 1.54) is 77.0 Å². The van der Waals surface area contributed by atoms with Gasteiger partial charge in [0.25, 0.3) is 0 Å². The third kappa shape index (κ3) is 9.25. The molecule has 188 valence electrons. The highest BCUT2D eigenvalue weighted by Gasteiger charge is 2.51. The number of ether oxygens (including phenoxy) is 1. The van der Waals surface area contributed by atoms with Gasteiger partial charge in [0.2, 0.25) is 0 Å². The summed E-state index contributed by atoms with van der Waals surface area (Å²) < 4.78 is 4.87. The van der Waals surface area contributed by atoms with E-state index in [4.69, 9.17) is 4.74 Å². The molecule has 2 rings (SSSR count). The molecule has 3 atom stereocenters. The van der Waals surface area contributed by atoms with E-state index in [9.17, 15) is 19.5 Å². The molecule has 0 bridgehead atoms. The molecule has 1 N–H and O–H groups in total. The predicted octanol–water partition coefficient (Wildman–Crippen LogP) is 7.37. The zero-order valence-electron chi connectivity index (χ0n) is 21.0. The molecule has 0 aromatic heterocycles. The zero-order chi connectivity index (χ0) is 24.1. The largest absolute Gasteiger partial charge is 0.478 e. The van der Waals surface area contributed by atoms with Crippen LogP contribution in [0.4, 0.5) is 0 Å². The summed E-state index contributed by atoms with van der Waals surface area (Å²) in [6.45, 7) is 3.89. The van der Waals surface area contributed by atoms with Crippen molar-refractivity contribution in [1.29, 1.82) is 0 Å². The molecule has 1 heterocycles. The Morgan fingerprint density at radius 1 is 0.879 bits per heavy atom. The van der Waals surface area contributed by atoms with Crippen LogP contribution in [-0.4, -0.2) is 23.0 Å². The molecule has 2 fully saturated rings. The Kier molecular flexibility index (Phi) is 12.2. The SMILES string of the molecule is CCCCCCCCCCCCCCCCC1(C=C(C)C(=O)O)CCC2C(=O)OC(=O)C2C1. The van der Waals surface area contributed by atoms with E-state index >= 15 is 0 Å². The molecule has 0 amide bonds. The van der Waals surface area contributed by atoms with Crippen LogP contribution in [0.25, 0.3) is 0 Å². The average Bonchev–Trinajstić information content (AvgIpc) is 3.06. The summed E-state index contributed by atoms with van der Waals surface area (Å²) in [6, 6.07) is 0. The van der Waals surface area contributed by atoms with Crippen LogP contribution in [0.1, 0.15) is 129 Å². The van der Waals surface area contributed by atoms with Gasteiger partial charge in [-0.05, 0) is 38.0 Å². The van der Waals surface area contributed by atoms with Crippen LogP contribution in [0.15, 0.2) is 11.6 Å². The number of rotatable bonds is 17. The van der Waals surface area contributed by atoms with Crippen LogP contribution in [0.2, 0.25) is 0 Å². The van der Waals surface area contributed by atoms with E-state index < -0.39 is 23.8 Å². The van der Waals surface area contributed by atoms with Gasteiger partial charge in [-0.25, -0.2) is 4.79 Å². The first-order chi connectivity index (χ1) is 15.9. The zero-order valence-corrected chi connectivity index (χ0v) is 21.0. The van der Waals surface area contributed by atoms with Crippen molar-refractivity contribution in [2.45, 2.75) is 129 Å². The Labute approximate surface area is 200 Å². The maximum atomic E-state index is 12.1. The van der Waals surface area contributed by atoms with E-state index in [0.29, 0.717) is 18.4 Å². The summed E-state index contributed by atoms with van der Waals surface area (Å²) in [5.74, 6) is -2.47. The molecule has 5 heteroatoms. The van der Waals surface area contributed by atoms with Gasteiger partial charge >= 0.3 is 17.9 Å². The Morgan fingerprint density at radius 2 is 1.36 bits per heavy atom. The van der Waals surface area contributed by atoms with E-state index in [1.54, 1.807) is 6.92 Å². The second-order valence-corrected chi connectivity index (χ2v) is 10.5. The fraction of sp³-hybridized carbons (Fsp3) is 0.821. The van der Waals surface area contributed by atoms with Gasteiger partial charge in [-0.15, -0.1) is 0 Å². The van der Waals surface area contributed by atoms with Crippen LogP contribution < -0.4 is 0 Å². The Bertz CT molecular complexity index is 667. The number of cyclic esters (lactones) is 2. The van der Waals surface area contributed by atoms with Crippen molar-refractivity contribution in [1.82, 2.24) is 0 Å². The van der Waals surface area contributed by atoms with Crippen LogP contribution in [0.5, 0.6) is 0 Å². The number of hydrogen-bond acceptors (Lipinski definition) is 4. The van der Waals surface area contributed by atoms with E-state index in [-0.39, 0.29) is 11.3 Å². The van der Waals surface area contributed by atoms with Crippen molar-refractivity contribution in [3.8, 4) is 0 Å². The molecule has 1 aliphatic heterocycles. The maximum Gasteiger partial charge on any atom is 0.330 e. The summed E-state index contributed by atoms with van der Waals surface area (Å²) in [4.78, 5) is 35.5. The van der Waals surface area contributed by atoms with Crippen LogP contribution in [0.3, 0.4) is 0 Å². The van der Waals surface area contributed by atoms with Crippen molar-refractivity contribution < 1.29 is 24.2 Å². The van der Waals surface area contributed by atoms with Crippen molar-refractivity contribution in [3.63, 3.8) is 0 Å². The van der Waals surface area contributed by atoms with Gasteiger partial charge in [0.1, 0.15) is 0 Å². The van der Waals surface area contributed by atoms with Crippen molar-refractivity contribution >= 4 is 17.9 Å². The highest BCUT2D eigenvalue weighted by atomic mass is 16.6. The number of carboxylic acid groups (broad SMARTS) is 1. The second-order valence-electron chi connectivity index (χ2n) is 10.5. The number of esters is 2. The topological polar surface area (TPSA) is 80.7 Å².